The van der Waals surface area contributed by atoms with Crippen LogP contribution in [0.2, 0.25) is 0 Å². The van der Waals surface area contributed by atoms with Gasteiger partial charge in [0.1, 0.15) is 0 Å². The number of rotatable bonds is 36. The Balaban J connectivity index is 0.893. The SMILES string of the molecule is COc1cc(CN(Cc2ccc(O)c(OC)c2)Cc2cn(CC(O)Cn3c(=O)n(CC(O)Cn4cc(CN(Cc5ccc(O)c(OC)c5)Cc5ccc(O)c(OC)c5)nn4)c(=O)n(CC(O)Cn4cc(CN(Cc5ccc(O)c(OC)c5)Cc5ccc(O)c(OC)c5)nn4)c3=O)nn2)ccc1O. The second-order valence-electron chi connectivity index (χ2n) is 24.4. The van der Waals surface area contributed by atoms with Crippen molar-refractivity contribution in [2.45, 2.75) is 116 Å². The molecule has 0 saturated heterocycles. The van der Waals surface area contributed by atoms with Gasteiger partial charge in [-0.15, -0.1) is 15.3 Å². The number of ether oxygens (including phenoxy) is 6. The molecule has 10 aromatic rings. The van der Waals surface area contributed by atoms with Crippen molar-refractivity contribution < 1.29 is 74.4 Å². The number of phenolic OH excluding ortho intramolecular Hbond substituents is 6. The summed E-state index contributed by atoms with van der Waals surface area (Å²) in [5.41, 5.74) is 2.43. The molecule has 4 aromatic heterocycles. The van der Waals surface area contributed by atoms with Crippen LogP contribution in [0.5, 0.6) is 69.0 Å². The number of aliphatic hydroxyl groups is 3. The standard InChI is InChI=1S/C69H81N15O18/c1-97-61-19-43(7-13-55(61)88)25-76(26-44-8-14-56(89)62(20-44)98-2)31-49-34-79(73-70-49)37-52(85)40-82-67(94)83(41-53(86)38-80-35-50(71-74-80)32-77(27-45-9-15-57(90)63(21-45)99-3)28-46-10-16-58(91)64(22-46)100-4)69(96)84(68(82)95)42-54(87)39-81-36-51(72-75-81)33-78(29-47-11-17-59(92)65(23-47)101-5)30-48-12-18-60(93)66(24-48)102-6/h7-24,34-36,52-54,85-93H,25-33,37-42H2,1-6H3. The van der Waals surface area contributed by atoms with Gasteiger partial charge in [-0.1, -0.05) is 52.0 Å². The van der Waals surface area contributed by atoms with Gasteiger partial charge in [0, 0.05) is 77.5 Å². The van der Waals surface area contributed by atoms with E-state index < -0.39 is 55.0 Å². The van der Waals surface area contributed by atoms with Gasteiger partial charge >= 0.3 is 17.1 Å². The number of phenols is 6. The maximum atomic E-state index is 14.6. The molecule has 0 saturated carbocycles. The molecule has 0 spiro atoms. The molecule has 33 nitrogen and oxygen atoms in total. The van der Waals surface area contributed by atoms with E-state index in [2.05, 4.69) is 30.9 Å². The molecule has 33 heteroatoms. The van der Waals surface area contributed by atoms with Gasteiger partial charge in [-0.2, -0.15) is 0 Å². The van der Waals surface area contributed by atoms with Crippen molar-refractivity contribution in [2.75, 3.05) is 42.7 Å². The lowest BCUT2D eigenvalue weighted by atomic mass is 10.1. The van der Waals surface area contributed by atoms with Gasteiger partial charge in [-0.3, -0.25) is 14.7 Å². The molecule has 0 bridgehead atoms. The van der Waals surface area contributed by atoms with Gasteiger partial charge in [0.15, 0.2) is 69.0 Å². The zero-order valence-corrected chi connectivity index (χ0v) is 56.9. The highest BCUT2D eigenvalue weighted by atomic mass is 16.5. The van der Waals surface area contributed by atoms with E-state index in [4.69, 9.17) is 28.4 Å². The third-order valence-electron chi connectivity index (χ3n) is 16.6. The van der Waals surface area contributed by atoms with E-state index in [1.54, 1.807) is 91.4 Å². The average Bonchev–Trinajstić information content (AvgIpc) is 0.798. The fraction of sp³-hybridized carbons (Fsp3) is 0.348. The normalized spacial score (nSPS) is 12.5. The summed E-state index contributed by atoms with van der Waals surface area (Å²) in [6, 6.07) is 29.7. The Bertz CT molecular complexity index is 4030. The van der Waals surface area contributed by atoms with Crippen molar-refractivity contribution in [3.05, 3.63) is 210 Å². The van der Waals surface area contributed by atoms with Crippen LogP contribution in [-0.4, -0.2) is 180 Å². The third kappa shape index (κ3) is 18.9. The first-order valence-corrected chi connectivity index (χ1v) is 32.1. The number of nitrogens with zero attached hydrogens (tertiary/aromatic N) is 15. The van der Waals surface area contributed by atoms with Gasteiger partial charge in [-0.05, 0) is 106 Å². The van der Waals surface area contributed by atoms with Crippen LogP contribution in [0, 0.1) is 0 Å². The molecule has 6 aromatic carbocycles. The first kappa shape index (κ1) is 73.2. The Morgan fingerprint density at radius 1 is 0.314 bits per heavy atom. The zero-order chi connectivity index (χ0) is 72.7. The van der Waals surface area contributed by atoms with Crippen molar-refractivity contribution in [1.29, 1.82) is 0 Å². The van der Waals surface area contributed by atoms with Crippen LogP contribution in [0.4, 0.5) is 0 Å². The van der Waals surface area contributed by atoms with E-state index >= 15 is 0 Å². The van der Waals surface area contributed by atoms with E-state index in [1.807, 2.05) is 14.7 Å². The van der Waals surface area contributed by atoms with Gasteiger partial charge in [0.2, 0.25) is 0 Å². The highest BCUT2D eigenvalue weighted by molar-refractivity contribution is 5.46. The average molecular weight is 1410 g/mol. The molecule has 4 heterocycles. The minimum atomic E-state index is -1.54. The van der Waals surface area contributed by atoms with Gasteiger partial charge in [0.05, 0.1) is 117 Å². The summed E-state index contributed by atoms with van der Waals surface area (Å²) in [5.74, 6) is 1.34. The van der Waals surface area contributed by atoms with Crippen LogP contribution in [0.1, 0.15) is 50.5 Å². The van der Waals surface area contributed by atoms with Crippen molar-refractivity contribution >= 4 is 0 Å². The largest absolute Gasteiger partial charge is 0.504 e. The van der Waals surface area contributed by atoms with Crippen LogP contribution >= 0.6 is 0 Å². The van der Waals surface area contributed by atoms with Crippen molar-refractivity contribution in [3.8, 4) is 69.0 Å². The first-order chi connectivity index (χ1) is 49.1. The summed E-state index contributed by atoms with van der Waals surface area (Å²) in [6.45, 7) is -0.582. The molecular weight excluding hydrogens is 1330 g/mol. The lowest BCUT2D eigenvalue weighted by Crippen LogP contribution is -2.57. The molecule has 102 heavy (non-hydrogen) atoms. The quantitative estimate of drug-likeness (QED) is 0.0272. The molecule has 3 unspecified atom stereocenters. The van der Waals surface area contributed by atoms with Gasteiger partial charge in [-0.25, -0.2) is 42.1 Å². The Hall–Kier alpha value is -11.5. The predicted molar refractivity (Wildman–Crippen MR) is 364 cm³/mol. The lowest BCUT2D eigenvalue weighted by molar-refractivity contribution is 0.106. The summed E-state index contributed by atoms with van der Waals surface area (Å²) < 4.78 is 38.0. The van der Waals surface area contributed by atoms with Crippen molar-refractivity contribution in [1.82, 2.24) is 73.4 Å². The summed E-state index contributed by atoms with van der Waals surface area (Å²) in [6.07, 6.45) is 0.0978. The van der Waals surface area contributed by atoms with E-state index in [0.717, 1.165) is 33.4 Å². The summed E-state index contributed by atoms with van der Waals surface area (Å²) >= 11 is 0. The molecule has 3 atom stereocenters. The second-order valence-corrected chi connectivity index (χ2v) is 24.4. The minimum absolute atomic E-state index is 0.0430. The van der Waals surface area contributed by atoms with Crippen molar-refractivity contribution in [3.63, 3.8) is 0 Å². The lowest BCUT2D eigenvalue weighted by Gasteiger charge is -2.22. The van der Waals surface area contributed by atoms with Crippen LogP contribution in [-0.2, 0) is 98.2 Å². The predicted octanol–water partition coefficient (Wildman–Crippen LogP) is 3.02. The van der Waals surface area contributed by atoms with Gasteiger partial charge < -0.3 is 74.4 Å². The Kier molecular flexibility index (Phi) is 24.1. The smallest absolute Gasteiger partial charge is 0.336 e. The summed E-state index contributed by atoms with van der Waals surface area (Å²) in [5, 5.41) is 123. The number of aromatic hydroxyl groups is 6. The number of hydrogen-bond acceptors (Lipinski definition) is 27. The highest BCUT2D eigenvalue weighted by Gasteiger charge is 2.25. The molecule has 9 N–H and O–H groups in total. The van der Waals surface area contributed by atoms with Crippen LogP contribution in [0.25, 0.3) is 0 Å². The molecule has 0 amide bonds. The van der Waals surface area contributed by atoms with E-state index in [1.165, 1.54) is 93.1 Å². The number of hydrogen-bond donors (Lipinski definition) is 9. The molecule has 0 fully saturated rings. The maximum absolute atomic E-state index is 14.6. The number of aliphatic hydroxyl groups excluding tert-OH is 3. The molecule has 10 rings (SSSR count). The topological polar surface area (TPSA) is 405 Å². The molecule has 0 aliphatic carbocycles. The maximum Gasteiger partial charge on any atom is 0.336 e. The van der Waals surface area contributed by atoms with Crippen LogP contribution < -0.4 is 45.5 Å². The summed E-state index contributed by atoms with van der Waals surface area (Å²) in [7, 11) is 8.64. The fourth-order valence-electron chi connectivity index (χ4n) is 11.8. The first-order valence-electron chi connectivity index (χ1n) is 32.1. The van der Waals surface area contributed by atoms with Crippen LogP contribution in [0.15, 0.2) is 142 Å². The fourth-order valence-corrected chi connectivity index (χ4v) is 11.8. The molecule has 0 radical (unpaired) electrons. The highest BCUT2D eigenvalue weighted by Crippen LogP contribution is 2.34. The number of methoxy groups -OCH3 is 6. The molecule has 0 aliphatic rings. The van der Waals surface area contributed by atoms with Crippen molar-refractivity contribution in [2.24, 2.45) is 0 Å². The Morgan fingerprint density at radius 3 is 0.696 bits per heavy atom. The zero-order valence-electron chi connectivity index (χ0n) is 56.9. The Morgan fingerprint density at radius 2 is 0.510 bits per heavy atom. The van der Waals surface area contributed by atoms with Crippen LogP contribution in [0.3, 0.4) is 0 Å². The summed E-state index contributed by atoms with van der Waals surface area (Å²) in [4.78, 5) is 49.8. The number of benzene rings is 6. The van der Waals surface area contributed by atoms with E-state index in [9.17, 15) is 60.3 Å². The second kappa shape index (κ2) is 33.6. The molecular formula is C69H81N15O18. The third-order valence-corrected chi connectivity index (χ3v) is 16.6. The molecule has 540 valence electrons. The van der Waals surface area contributed by atoms with E-state index in [0.29, 0.717) is 70.1 Å². The molecule has 0 aliphatic heterocycles. The van der Waals surface area contributed by atoms with E-state index in [-0.39, 0.29) is 108 Å². The monoisotopic (exact) mass is 1410 g/mol. The minimum Gasteiger partial charge on any atom is -0.504 e. The Labute approximate surface area is 583 Å². The van der Waals surface area contributed by atoms with Gasteiger partial charge in [0.25, 0.3) is 0 Å². The number of aromatic nitrogens is 12.